The van der Waals surface area contributed by atoms with E-state index in [0.717, 1.165) is 24.7 Å². The van der Waals surface area contributed by atoms with Crippen LogP contribution < -0.4 is 15.5 Å². The van der Waals surface area contributed by atoms with Gasteiger partial charge in [-0.15, -0.1) is 0 Å². The van der Waals surface area contributed by atoms with E-state index in [1.165, 1.54) is 18.5 Å². The molecule has 2 heterocycles. The first-order valence-corrected chi connectivity index (χ1v) is 11.3. The Bertz CT molecular complexity index is 710. The summed E-state index contributed by atoms with van der Waals surface area (Å²) in [6.45, 7) is 4.98. The molecule has 144 valence electrons. The molecule has 0 saturated carbocycles. The largest absolute Gasteiger partial charge is 0.372 e. The van der Waals surface area contributed by atoms with E-state index >= 15 is 0 Å². The third kappa shape index (κ3) is 5.45. The molecule has 2 saturated heterocycles. The predicted molar refractivity (Wildman–Crippen MR) is 105 cm³/mol. The molecule has 0 spiro atoms. The molecule has 1 aromatic carbocycles. The molecule has 2 N–H and O–H groups in total. The molecule has 1 unspecified atom stereocenters. The molecule has 6 nitrogen and oxygen atoms in total. The van der Waals surface area contributed by atoms with Gasteiger partial charge in [-0.3, -0.25) is 4.79 Å². The number of benzene rings is 1. The van der Waals surface area contributed by atoms with Crippen molar-refractivity contribution in [2.75, 3.05) is 41.4 Å². The highest BCUT2D eigenvalue weighted by Gasteiger charge is 2.27. The summed E-state index contributed by atoms with van der Waals surface area (Å²) >= 11 is 0. The van der Waals surface area contributed by atoms with Crippen molar-refractivity contribution < 1.29 is 13.2 Å². The van der Waals surface area contributed by atoms with Crippen molar-refractivity contribution >= 4 is 27.1 Å². The zero-order valence-electron chi connectivity index (χ0n) is 15.4. The molecule has 0 bridgehead atoms. The zero-order valence-corrected chi connectivity index (χ0v) is 16.2. The molecule has 1 atom stereocenters. The zero-order chi connectivity index (χ0) is 18.6. The number of hydrogen-bond donors (Lipinski definition) is 2. The lowest BCUT2D eigenvalue weighted by Gasteiger charge is -2.32. The number of hydrogen-bond acceptors (Lipinski definition) is 5. The SMILES string of the molecule is CC1CCN(c2ccc(NC(=O)CCNC3CCS(=O)(=O)C3)cc2)CC1. The minimum atomic E-state index is -2.88. The molecule has 1 amide bonds. The van der Waals surface area contributed by atoms with E-state index in [-0.39, 0.29) is 23.5 Å². The average Bonchev–Trinajstić information content (AvgIpc) is 2.95. The van der Waals surface area contributed by atoms with E-state index in [2.05, 4.69) is 34.6 Å². The van der Waals surface area contributed by atoms with Gasteiger partial charge >= 0.3 is 0 Å². The Morgan fingerprint density at radius 2 is 1.85 bits per heavy atom. The van der Waals surface area contributed by atoms with Crippen LogP contribution in [0, 0.1) is 5.92 Å². The van der Waals surface area contributed by atoms with Crippen LogP contribution in [0.3, 0.4) is 0 Å². The number of carbonyl (C=O) groups is 1. The molecule has 2 aliphatic heterocycles. The highest BCUT2D eigenvalue weighted by molar-refractivity contribution is 7.91. The van der Waals surface area contributed by atoms with E-state index in [1.54, 1.807) is 0 Å². The van der Waals surface area contributed by atoms with E-state index in [9.17, 15) is 13.2 Å². The van der Waals surface area contributed by atoms with Gasteiger partial charge in [0.15, 0.2) is 9.84 Å². The first-order valence-electron chi connectivity index (χ1n) is 9.50. The third-order valence-corrected chi connectivity index (χ3v) is 7.09. The molecular weight excluding hydrogens is 350 g/mol. The Kier molecular flexibility index (Phi) is 6.19. The summed E-state index contributed by atoms with van der Waals surface area (Å²) < 4.78 is 22.8. The average molecular weight is 380 g/mol. The number of piperidine rings is 1. The predicted octanol–water partition coefficient (Wildman–Crippen LogP) is 2.03. The Morgan fingerprint density at radius 3 is 2.46 bits per heavy atom. The van der Waals surface area contributed by atoms with Crippen molar-refractivity contribution in [3.8, 4) is 0 Å². The molecule has 0 aromatic heterocycles. The number of nitrogens with one attached hydrogen (secondary N) is 2. The maximum atomic E-state index is 12.1. The second-order valence-electron chi connectivity index (χ2n) is 7.57. The fourth-order valence-corrected chi connectivity index (χ4v) is 5.30. The fraction of sp³-hybridized carbons (Fsp3) is 0.632. The number of amides is 1. The molecule has 0 radical (unpaired) electrons. The van der Waals surface area contributed by atoms with Crippen LogP contribution in [-0.2, 0) is 14.6 Å². The van der Waals surface area contributed by atoms with E-state index < -0.39 is 9.84 Å². The molecule has 7 heteroatoms. The third-order valence-electron chi connectivity index (χ3n) is 5.32. The molecular formula is C19H29N3O3S. The van der Waals surface area contributed by atoms with Gasteiger partial charge in [-0.25, -0.2) is 8.42 Å². The van der Waals surface area contributed by atoms with Gasteiger partial charge in [-0.2, -0.15) is 0 Å². The first-order chi connectivity index (χ1) is 12.4. The number of carbonyl (C=O) groups excluding carboxylic acids is 1. The Hall–Kier alpha value is -1.60. The molecule has 0 aliphatic carbocycles. The first kappa shape index (κ1) is 19.2. The summed E-state index contributed by atoms with van der Waals surface area (Å²) in [6, 6.07) is 8.00. The normalized spacial score (nSPS) is 23.1. The van der Waals surface area contributed by atoms with E-state index in [0.29, 0.717) is 19.4 Å². The summed E-state index contributed by atoms with van der Waals surface area (Å²) in [4.78, 5) is 14.5. The maximum Gasteiger partial charge on any atom is 0.225 e. The highest BCUT2D eigenvalue weighted by Crippen LogP contribution is 2.24. The van der Waals surface area contributed by atoms with Crippen LogP contribution in [0.15, 0.2) is 24.3 Å². The van der Waals surface area contributed by atoms with Crippen LogP contribution in [0.1, 0.15) is 32.6 Å². The lowest BCUT2D eigenvalue weighted by Crippen LogP contribution is -2.33. The monoisotopic (exact) mass is 379 g/mol. The Morgan fingerprint density at radius 1 is 1.15 bits per heavy atom. The van der Waals surface area contributed by atoms with E-state index in [1.807, 2.05) is 12.1 Å². The summed E-state index contributed by atoms with van der Waals surface area (Å²) in [5.41, 5.74) is 2.01. The quantitative estimate of drug-likeness (QED) is 0.791. The Labute approximate surface area is 156 Å². The highest BCUT2D eigenvalue weighted by atomic mass is 32.2. The van der Waals surface area contributed by atoms with Gasteiger partial charge in [0.05, 0.1) is 11.5 Å². The van der Waals surface area contributed by atoms with Crippen LogP contribution in [-0.4, -0.2) is 51.5 Å². The Balaban J connectivity index is 1.40. The van der Waals surface area contributed by atoms with Crippen molar-refractivity contribution in [2.45, 2.75) is 38.6 Å². The standard InChI is InChI=1S/C19H29N3O3S/c1-15-7-11-22(12-8-15)18-4-2-16(3-5-18)21-19(23)6-10-20-17-9-13-26(24,25)14-17/h2-5,15,17,20H,6-14H2,1H3,(H,21,23). The van der Waals surface area contributed by atoms with Crippen LogP contribution in [0.5, 0.6) is 0 Å². The van der Waals surface area contributed by atoms with Gasteiger partial charge in [0, 0.05) is 43.5 Å². The van der Waals surface area contributed by atoms with Crippen LogP contribution >= 0.6 is 0 Å². The van der Waals surface area contributed by atoms with Gasteiger partial charge < -0.3 is 15.5 Å². The number of rotatable bonds is 6. The number of sulfone groups is 1. The lowest BCUT2D eigenvalue weighted by molar-refractivity contribution is -0.116. The fourth-order valence-electron chi connectivity index (χ4n) is 3.59. The number of nitrogens with zero attached hydrogens (tertiary/aromatic N) is 1. The van der Waals surface area contributed by atoms with Gasteiger partial charge in [0.1, 0.15) is 0 Å². The van der Waals surface area contributed by atoms with Gasteiger partial charge in [0.2, 0.25) is 5.91 Å². The maximum absolute atomic E-state index is 12.1. The van der Waals surface area contributed by atoms with Crippen LogP contribution in [0.2, 0.25) is 0 Å². The summed E-state index contributed by atoms with van der Waals surface area (Å²) in [5, 5.41) is 6.07. The summed E-state index contributed by atoms with van der Waals surface area (Å²) in [6.07, 6.45) is 3.44. The van der Waals surface area contributed by atoms with Crippen molar-refractivity contribution in [3.05, 3.63) is 24.3 Å². The van der Waals surface area contributed by atoms with Crippen molar-refractivity contribution in [3.63, 3.8) is 0 Å². The topological polar surface area (TPSA) is 78.5 Å². The number of anilines is 2. The van der Waals surface area contributed by atoms with Crippen molar-refractivity contribution in [1.29, 1.82) is 0 Å². The molecule has 3 rings (SSSR count). The smallest absolute Gasteiger partial charge is 0.225 e. The van der Waals surface area contributed by atoms with Crippen molar-refractivity contribution in [1.82, 2.24) is 5.32 Å². The lowest BCUT2D eigenvalue weighted by atomic mass is 9.99. The van der Waals surface area contributed by atoms with Crippen molar-refractivity contribution in [2.24, 2.45) is 5.92 Å². The minimum absolute atomic E-state index is 0.0145. The minimum Gasteiger partial charge on any atom is -0.372 e. The van der Waals surface area contributed by atoms with Gasteiger partial charge in [-0.05, 0) is 49.4 Å². The van der Waals surface area contributed by atoms with E-state index in [4.69, 9.17) is 0 Å². The second-order valence-corrected chi connectivity index (χ2v) is 9.80. The van der Waals surface area contributed by atoms with Gasteiger partial charge in [-0.1, -0.05) is 6.92 Å². The van der Waals surface area contributed by atoms with Crippen LogP contribution in [0.4, 0.5) is 11.4 Å². The molecule has 1 aromatic rings. The molecule has 2 aliphatic rings. The summed E-state index contributed by atoms with van der Waals surface area (Å²) in [5.74, 6) is 1.19. The molecule has 2 fully saturated rings. The van der Waals surface area contributed by atoms with Crippen LogP contribution in [0.25, 0.3) is 0 Å². The van der Waals surface area contributed by atoms with Gasteiger partial charge in [0.25, 0.3) is 0 Å². The molecule has 26 heavy (non-hydrogen) atoms. The second kappa shape index (κ2) is 8.39. The summed E-state index contributed by atoms with van der Waals surface area (Å²) in [7, 11) is -2.88.